The van der Waals surface area contributed by atoms with Gasteiger partial charge in [0.15, 0.2) is 0 Å². The Labute approximate surface area is 54.2 Å². The van der Waals surface area contributed by atoms with E-state index in [1.807, 2.05) is 0 Å². The number of hydrogen-bond acceptors (Lipinski definition) is 3. The van der Waals surface area contributed by atoms with Gasteiger partial charge in [0, 0.05) is 5.94 Å². The fourth-order valence-corrected chi connectivity index (χ4v) is 1.71. The zero-order valence-corrected chi connectivity index (χ0v) is 5.12. The quantitative estimate of drug-likeness (QED) is 0.380. The van der Waals surface area contributed by atoms with Crippen LogP contribution in [0.1, 0.15) is 6.42 Å². The third-order valence-corrected chi connectivity index (χ3v) is 2.38. The molecule has 50 valence electrons. The summed E-state index contributed by atoms with van der Waals surface area (Å²) in [4.78, 5) is 0. The molecule has 3 atom stereocenters. The van der Waals surface area contributed by atoms with Crippen molar-refractivity contribution in [3.63, 3.8) is 0 Å². The molecule has 9 heavy (non-hydrogen) atoms. The Balaban J connectivity index is 1.98. The highest BCUT2D eigenvalue weighted by atomic mass is 16.4. The highest BCUT2D eigenvalue weighted by Gasteiger charge is 2.51. The van der Waals surface area contributed by atoms with Crippen LogP contribution in [-0.4, -0.2) is 29.7 Å². The fourth-order valence-electron chi connectivity index (χ4n) is 1.71. The number of hydrogen-bond donors (Lipinski definition) is 3. The Morgan fingerprint density at radius 3 is 2.44 bits per heavy atom. The summed E-state index contributed by atoms with van der Waals surface area (Å²) in [6, 6.07) is 0. The fraction of sp³-hybridized carbons (Fsp3) is 1.00. The smallest absolute Gasteiger partial charge is 0.426 e. The molecule has 3 unspecified atom stereocenters. The number of piperidine rings is 1. The van der Waals surface area contributed by atoms with Gasteiger partial charge in [-0.3, -0.25) is 0 Å². The van der Waals surface area contributed by atoms with E-state index in [0.717, 1.165) is 12.5 Å². The molecule has 0 aromatic heterocycles. The van der Waals surface area contributed by atoms with Crippen LogP contribution in [0.2, 0.25) is 0 Å². The minimum Gasteiger partial charge on any atom is -0.426 e. The average Bonchev–Trinajstić information content (AvgIpc) is 2.43. The largest absolute Gasteiger partial charge is 0.469 e. The lowest BCUT2D eigenvalue weighted by Gasteiger charge is -2.09. The minimum absolute atomic E-state index is 0.0324. The molecule has 1 saturated carbocycles. The van der Waals surface area contributed by atoms with E-state index in [4.69, 9.17) is 10.0 Å². The standard InChI is InChI=1S/C5H10BNO2/c8-6(9)5-4-1-3(4)2-7-5/h3-5,7-9H,1-2H2. The summed E-state index contributed by atoms with van der Waals surface area (Å²) >= 11 is 0. The first-order chi connectivity index (χ1) is 4.29. The second-order valence-electron chi connectivity index (χ2n) is 3.01. The van der Waals surface area contributed by atoms with E-state index in [1.54, 1.807) is 0 Å². The molecular weight excluding hydrogens is 117 g/mol. The normalized spacial score (nSPS) is 46.7. The second kappa shape index (κ2) is 1.72. The van der Waals surface area contributed by atoms with Crippen molar-refractivity contribution in [2.75, 3.05) is 6.54 Å². The molecule has 0 bridgehead atoms. The van der Waals surface area contributed by atoms with Crippen LogP contribution in [0.4, 0.5) is 0 Å². The Morgan fingerprint density at radius 1 is 1.44 bits per heavy atom. The topological polar surface area (TPSA) is 52.5 Å². The maximum atomic E-state index is 8.74. The molecule has 0 amide bonds. The van der Waals surface area contributed by atoms with Gasteiger partial charge >= 0.3 is 7.12 Å². The molecular formula is C5H10BNO2. The van der Waals surface area contributed by atoms with Crippen LogP contribution in [0.5, 0.6) is 0 Å². The monoisotopic (exact) mass is 127 g/mol. The van der Waals surface area contributed by atoms with Crippen molar-refractivity contribution >= 4 is 7.12 Å². The highest BCUT2D eigenvalue weighted by Crippen LogP contribution is 2.45. The summed E-state index contributed by atoms with van der Waals surface area (Å²) in [7, 11) is -1.15. The van der Waals surface area contributed by atoms with E-state index in [2.05, 4.69) is 5.32 Å². The molecule has 3 N–H and O–H groups in total. The first-order valence-corrected chi connectivity index (χ1v) is 3.38. The van der Waals surface area contributed by atoms with E-state index in [9.17, 15) is 0 Å². The first-order valence-electron chi connectivity index (χ1n) is 3.38. The third kappa shape index (κ3) is 0.782. The Morgan fingerprint density at radius 2 is 2.22 bits per heavy atom. The summed E-state index contributed by atoms with van der Waals surface area (Å²) in [6.45, 7) is 0.979. The minimum atomic E-state index is -1.15. The lowest BCUT2D eigenvalue weighted by Crippen LogP contribution is -2.41. The second-order valence-corrected chi connectivity index (χ2v) is 3.01. The van der Waals surface area contributed by atoms with E-state index < -0.39 is 7.12 Å². The predicted octanol–water partition coefficient (Wildman–Crippen LogP) is -1.39. The Kier molecular flexibility index (Phi) is 1.09. The van der Waals surface area contributed by atoms with Crippen LogP contribution in [0, 0.1) is 11.8 Å². The first kappa shape index (κ1) is 5.71. The van der Waals surface area contributed by atoms with E-state index in [0.29, 0.717) is 5.92 Å². The predicted molar refractivity (Wildman–Crippen MR) is 33.6 cm³/mol. The summed E-state index contributed by atoms with van der Waals surface area (Å²) in [5.41, 5.74) is 0. The van der Waals surface area contributed by atoms with E-state index >= 15 is 0 Å². The van der Waals surface area contributed by atoms with Crippen molar-refractivity contribution in [1.82, 2.24) is 5.32 Å². The van der Waals surface area contributed by atoms with Gasteiger partial charge in [-0.15, -0.1) is 0 Å². The zero-order valence-electron chi connectivity index (χ0n) is 5.12. The molecule has 0 spiro atoms. The van der Waals surface area contributed by atoms with Crippen LogP contribution >= 0.6 is 0 Å². The van der Waals surface area contributed by atoms with Gasteiger partial charge in [-0.05, 0) is 24.8 Å². The van der Waals surface area contributed by atoms with Crippen molar-refractivity contribution in [2.24, 2.45) is 11.8 Å². The van der Waals surface area contributed by atoms with Crippen LogP contribution in [-0.2, 0) is 0 Å². The molecule has 2 aliphatic rings. The molecule has 2 fully saturated rings. The van der Waals surface area contributed by atoms with Gasteiger partial charge in [0.1, 0.15) is 0 Å². The maximum Gasteiger partial charge on any atom is 0.469 e. The van der Waals surface area contributed by atoms with Gasteiger partial charge in [-0.25, -0.2) is 0 Å². The van der Waals surface area contributed by atoms with Gasteiger partial charge in [0.05, 0.1) is 0 Å². The third-order valence-electron chi connectivity index (χ3n) is 2.38. The zero-order chi connectivity index (χ0) is 6.43. The van der Waals surface area contributed by atoms with Gasteiger partial charge in [-0.2, -0.15) is 0 Å². The molecule has 3 nitrogen and oxygen atoms in total. The van der Waals surface area contributed by atoms with Gasteiger partial charge in [0.25, 0.3) is 0 Å². The molecule has 0 aromatic rings. The van der Waals surface area contributed by atoms with Gasteiger partial charge in [0.2, 0.25) is 0 Å². The number of nitrogens with one attached hydrogen (secondary N) is 1. The molecule has 1 saturated heterocycles. The summed E-state index contributed by atoms with van der Waals surface area (Å²) in [5.74, 6) is 1.27. The van der Waals surface area contributed by atoms with Crippen LogP contribution in [0.15, 0.2) is 0 Å². The van der Waals surface area contributed by atoms with Crippen LogP contribution in [0.3, 0.4) is 0 Å². The Hall–Kier alpha value is -0.0551. The lowest BCUT2D eigenvalue weighted by molar-refractivity contribution is 0.370. The molecule has 4 heteroatoms. The van der Waals surface area contributed by atoms with Crippen molar-refractivity contribution < 1.29 is 10.0 Å². The van der Waals surface area contributed by atoms with Gasteiger partial charge < -0.3 is 15.4 Å². The Bertz CT molecular complexity index is 130. The summed E-state index contributed by atoms with van der Waals surface area (Å²) < 4.78 is 0. The van der Waals surface area contributed by atoms with Crippen molar-refractivity contribution in [3.05, 3.63) is 0 Å². The SMILES string of the molecule is OB(O)C1NCC2CC21. The van der Waals surface area contributed by atoms with E-state index in [-0.39, 0.29) is 5.94 Å². The molecule has 0 radical (unpaired) electrons. The van der Waals surface area contributed by atoms with Crippen LogP contribution < -0.4 is 5.32 Å². The molecule has 0 aromatic carbocycles. The van der Waals surface area contributed by atoms with Gasteiger partial charge in [-0.1, -0.05) is 0 Å². The molecule has 1 aliphatic carbocycles. The maximum absolute atomic E-state index is 8.74. The van der Waals surface area contributed by atoms with E-state index in [1.165, 1.54) is 6.42 Å². The number of fused-ring (bicyclic) bond motifs is 1. The lowest BCUT2D eigenvalue weighted by atomic mass is 9.77. The highest BCUT2D eigenvalue weighted by molar-refractivity contribution is 6.43. The summed E-state index contributed by atoms with van der Waals surface area (Å²) in [5, 5.41) is 20.5. The summed E-state index contributed by atoms with van der Waals surface area (Å²) in [6.07, 6.45) is 1.19. The van der Waals surface area contributed by atoms with Crippen molar-refractivity contribution in [1.29, 1.82) is 0 Å². The molecule has 2 rings (SSSR count). The van der Waals surface area contributed by atoms with Crippen molar-refractivity contribution in [3.8, 4) is 0 Å². The molecule has 1 heterocycles. The van der Waals surface area contributed by atoms with Crippen molar-refractivity contribution in [2.45, 2.75) is 12.4 Å². The van der Waals surface area contributed by atoms with Crippen LogP contribution in [0.25, 0.3) is 0 Å². The molecule has 1 aliphatic heterocycles. The number of rotatable bonds is 1. The average molecular weight is 127 g/mol.